The van der Waals surface area contributed by atoms with Gasteiger partial charge in [0.1, 0.15) is 18.1 Å². The van der Waals surface area contributed by atoms with E-state index in [0.717, 1.165) is 12.8 Å². The highest BCUT2D eigenvalue weighted by Gasteiger charge is 2.70. The minimum atomic E-state index is -4.88. The highest BCUT2D eigenvalue weighted by molar-refractivity contribution is 6.38. The zero-order valence-electron chi connectivity index (χ0n) is 32.8. The van der Waals surface area contributed by atoms with Crippen LogP contribution in [-0.2, 0) is 33.5 Å². The lowest BCUT2D eigenvalue weighted by Gasteiger charge is -2.38. The van der Waals surface area contributed by atoms with E-state index in [-0.39, 0.29) is 36.1 Å². The van der Waals surface area contributed by atoms with Crippen LogP contribution in [-0.4, -0.2) is 108 Å². The third kappa shape index (κ3) is 9.95. The van der Waals surface area contributed by atoms with Crippen LogP contribution < -0.4 is 21.3 Å². The molecule has 2 saturated carbocycles. The number of Topliss-reactive ketones (excluding diaryl/α,β-unsaturated/α-hetero) is 1. The lowest BCUT2D eigenvalue weighted by Crippen LogP contribution is -2.61. The van der Waals surface area contributed by atoms with Crippen LogP contribution in [0, 0.1) is 28.6 Å². The number of carbonyl (C=O) groups is 7. The van der Waals surface area contributed by atoms with Crippen molar-refractivity contribution in [1.82, 2.24) is 31.1 Å². The molecule has 3 fully saturated rings. The number of ketones is 1. The maximum atomic E-state index is 14.2. The van der Waals surface area contributed by atoms with Crippen LogP contribution in [0.2, 0.25) is 0 Å². The summed E-state index contributed by atoms with van der Waals surface area (Å²) in [6.07, 6.45) is -4.65. The van der Waals surface area contributed by atoms with Crippen molar-refractivity contribution in [2.45, 2.75) is 104 Å². The van der Waals surface area contributed by atoms with Gasteiger partial charge in [0, 0.05) is 20.6 Å². The first-order chi connectivity index (χ1) is 25.3. The van der Waals surface area contributed by atoms with Gasteiger partial charge in [-0.2, -0.15) is 13.2 Å². The molecule has 3 unspecified atom stereocenters. The summed E-state index contributed by atoms with van der Waals surface area (Å²) in [4.78, 5) is 96.0. The van der Waals surface area contributed by atoms with Crippen molar-refractivity contribution in [3.05, 3.63) is 35.9 Å². The average Bonchev–Trinajstić information content (AvgIpc) is 3.93. The maximum absolute atomic E-state index is 14.2. The Morgan fingerprint density at radius 3 is 2.05 bits per heavy atom. The van der Waals surface area contributed by atoms with Crippen molar-refractivity contribution in [3.8, 4) is 0 Å². The maximum Gasteiger partial charge on any atom is 0.427 e. The quantitative estimate of drug-likeness (QED) is 0.208. The van der Waals surface area contributed by atoms with E-state index < -0.39 is 89.3 Å². The van der Waals surface area contributed by atoms with E-state index in [1.807, 2.05) is 13.8 Å². The minimum absolute atomic E-state index is 0.0573. The first-order valence-corrected chi connectivity index (χ1v) is 18.3. The zero-order chi connectivity index (χ0) is 41.4. The smallest absolute Gasteiger partial charge is 0.427 e. The van der Waals surface area contributed by atoms with Gasteiger partial charge in [-0.25, -0.2) is 4.79 Å². The topological polar surface area (TPSA) is 183 Å². The molecule has 14 nitrogen and oxygen atoms in total. The van der Waals surface area contributed by atoms with Gasteiger partial charge in [-0.3, -0.25) is 28.8 Å². The number of nitrogens with one attached hydrogen (secondary N) is 4. The van der Waals surface area contributed by atoms with Crippen LogP contribution in [0.25, 0.3) is 0 Å². The molecular formula is C38H53F3N6O8. The minimum Gasteiger partial charge on any atom is -0.434 e. The first kappa shape index (κ1) is 43.0. The Hall–Kier alpha value is -4.70. The second kappa shape index (κ2) is 15.8. The summed E-state index contributed by atoms with van der Waals surface area (Å²) in [6.45, 7) is 9.51. The van der Waals surface area contributed by atoms with Gasteiger partial charge in [0.15, 0.2) is 0 Å². The van der Waals surface area contributed by atoms with Crippen LogP contribution >= 0.6 is 0 Å². The molecule has 1 saturated heterocycles. The van der Waals surface area contributed by atoms with E-state index >= 15 is 0 Å². The molecule has 4 rings (SSSR count). The van der Waals surface area contributed by atoms with E-state index in [9.17, 15) is 46.7 Å². The summed E-state index contributed by atoms with van der Waals surface area (Å²) >= 11 is 0. The number of benzene rings is 1. The van der Waals surface area contributed by atoms with Gasteiger partial charge in [0.05, 0.1) is 12.6 Å². The molecule has 55 heavy (non-hydrogen) atoms. The van der Waals surface area contributed by atoms with Crippen molar-refractivity contribution >= 4 is 41.4 Å². The van der Waals surface area contributed by atoms with Gasteiger partial charge in [0.25, 0.3) is 5.91 Å². The molecule has 304 valence electrons. The Balaban J connectivity index is 1.47. The summed E-state index contributed by atoms with van der Waals surface area (Å²) in [5.74, 6) is -5.09. The third-order valence-corrected chi connectivity index (χ3v) is 10.8. The molecule has 6 atom stereocenters. The summed E-state index contributed by atoms with van der Waals surface area (Å²) < 4.78 is 45.0. The van der Waals surface area contributed by atoms with Gasteiger partial charge in [-0.15, -0.1) is 0 Å². The van der Waals surface area contributed by atoms with Crippen LogP contribution in [0.15, 0.2) is 30.3 Å². The van der Waals surface area contributed by atoms with Crippen molar-refractivity contribution in [2.75, 3.05) is 27.2 Å². The number of likely N-dealkylation sites (tertiary alicyclic amines) is 1. The number of nitrogens with zero attached hydrogens (tertiary/aromatic N) is 2. The number of hydrogen-bond donors (Lipinski definition) is 4. The molecule has 1 heterocycles. The van der Waals surface area contributed by atoms with Crippen LogP contribution in [0.1, 0.15) is 79.3 Å². The molecule has 3 aliphatic rings. The fraction of sp³-hybridized carbons (Fsp3) is 0.658. The van der Waals surface area contributed by atoms with Gasteiger partial charge in [-0.05, 0) is 54.4 Å². The molecule has 0 bridgehead atoms. The van der Waals surface area contributed by atoms with Crippen LogP contribution in [0.5, 0.6) is 0 Å². The summed E-state index contributed by atoms with van der Waals surface area (Å²) in [5.41, 5.74) is -3.73. The number of likely N-dealkylation sites (N-methyl/N-ethyl adjacent to an activating group) is 1. The van der Waals surface area contributed by atoms with Gasteiger partial charge >= 0.3 is 12.3 Å². The third-order valence-electron chi connectivity index (χ3n) is 10.8. The summed E-state index contributed by atoms with van der Waals surface area (Å²) in [7, 11) is 3.06. The summed E-state index contributed by atoms with van der Waals surface area (Å²) in [6, 6.07) is 3.65. The van der Waals surface area contributed by atoms with E-state index in [1.165, 1.54) is 23.9 Å². The lowest BCUT2D eigenvalue weighted by atomic mass is 9.85. The molecule has 0 spiro atoms. The lowest BCUT2D eigenvalue weighted by molar-refractivity contribution is -0.244. The van der Waals surface area contributed by atoms with E-state index in [4.69, 9.17) is 0 Å². The summed E-state index contributed by atoms with van der Waals surface area (Å²) in [5, 5.41) is 9.86. The van der Waals surface area contributed by atoms with Crippen molar-refractivity contribution in [3.63, 3.8) is 0 Å². The van der Waals surface area contributed by atoms with Crippen molar-refractivity contribution < 1.29 is 51.5 Å². The standard InChI is InChI=1S/C38H53F3N6O8/c1-35(2,3)29(45-34(54)55-37(6,7)38(39,40)41)33(53)47-19-22-25(36(22,4)5)27(47)30(50)43-23(17-20-15-16-20)28(49)31(51)42-18-24(48)44-26(32(52)46(8)9)21-13-11-10-12-14-21/h10-14,20,22-23,25-27,29H,15-19H2,1-9H3,(H,42,51)(H,43,50)(H,44,48)(H,45,54)/t22?,23?,25-,26-,27-,29?/m0/s1. The molecule has 4 N–H and O–H groups in total. The number of ether oxygens (including phenoxy) is 1. The zero-order valence-corrected chi connectivity index (χ0v) is 32.8. The van der Waals surface area contributed by atoms with Crippen LogP contribution in [0.3, 0.4) is 0 Å². The van der Waals surface area contributed by atoms with Crippen LogP contribution in [0.4, 0.5) is 18.0 Å². The van der Waals surface area contributed by atoms with Crippen molar-refractivity contribution in [1.29, 1.82) is 0 Å². The molecule has 6 amide bonds. The SMILES string of the molecule is CN(C)C(=O)[C@@H](NC(=O)CNC(=O)C(=O)C(CC1CC1)NC(=O)[C@@H]1[C@@H]2C(CN1C(=O)C(NC(=O)OC(C)(C)C(F)(F)F)C(C)(C)C)C2(C)C)c1ccccc1. The highest BCUT2D eigenvalue weighted by atomic mass is 19.4. The fourth-order valence-electron chi connectivity index (χ4n) is 7.05. The number of piperidine rings is 1. The van der Waals surface area contributed by atoms with Gasteiger partial charge < -0.3 is 35.8 Å². The van der Waals surface area contributed by atoms with Crippen molar-refractivity contribution in [2.24, 2.45) is 28.6 Å². The van der Waals surface area contributed by atoms with Gasteiger partial charge in [-0.1, -0.05) is 77.8 Å². The fourth-order valence-corrected chi connectivity index (χ4v) is 7.05. The Kier molecular flexibility index (Phi) is 12.4. The molecule has 0 radical (unpaired) electrons. The largest absolute Gasteiger partial charge is 0.434 e. The Morgan fingerprint density at radius 2 is 1.53 bits per heavy atom. The molecule has 0 aromatic heterocycles. The normalized spacial score (nSPS) is 21.9. The van der Waals surface area contributed by atoms with E-state index in [0.29, 0.717) is 19.4 Å². The Bertz CT molecular complexity index is 1670. The monoisotopic (exact) mass is 778 g/mol. The number of carbonyl (C=O) groups excluding carboxylic acids is 7. The molecular weight excluding hydrogens is 725 g/mol. The number of alkyl halides is 3. The molecule has 1 aromatic carbocycles. The molecule has 17 heteroatoms. The molecule has 2 aliphatic carbocycles. The number of alkyl carbamates (subject to hydrolysis) is 1. The Morgan fingerprint density at radius 1 is 0.927 bits per heavy atom. The van der Waals surface area contributed by atoms with Gasteiger partial charge in [0.2, 0.25) is 35.0 Å². The number of halogens is 3. The number of amides is 6. The molecule has 1 aliphatic heterocycles. The molecule has 1 aromatic rings. The first-order valence-electron chi connectivity index (χ1n) is 18.3. The van der Waals surface area contributed by atoms with E-state index in [1.54, 1.807) is 51.1 Å². The predicted octanol–water partition coefficient (Wildman–Crippen LogP) is 2.87. The average molecular weight is 779 g/mol. The number of rotatable bonds is 14. The second-order valence-corrected chi connectivity index (χ2v) is 17.2. The highest BCUT2D eigenvalue weighted by Crippen LogP contribution is 2.65. The number of hydrogen-bond acceptors (Lipinski definition) is 8. The Labute approximate surface area is 319 Å². The van der Waals surface area contributed by atoms with E-state index in [2.05, 4.69) is 26.0 Å². The number of fused-ring (bicyclic) bond motifs is 1. The predicted molar refractivity (Wildman–Crippen MR) is 193 cm³/mol. The second-order valence-electron chi connectivity index (χ2n) is 17.2.